The molecule has 1 saturated carbocycles. The summed E-state index contributed by atoms with van der Waals surface area (Å²) < 4.78 is 0. The van der Waals surface area contributed by atoms with E-state index >= 15 is 0 Å². The SMILES string of the molecule is CN(Cc1ccc(Cl)cc1)C(=O)CC1(N)CCC1. The second kappa shape index (κ2) is 5.29. The van der Waals surface area contributed by atoms with Gasteiger partial charge in [-0.25, -0.2) is 0 Å². The first-order chi connectivity index (χ1) is 8.48. The summed E-state index contributed by atoms with van der Waals surface area (Å²) in [6.45, 7) is 0.603. The highest BCUT2D eigenvalue weighted by molar-refractivity contribution is 6.30. The van der Waals surface area contributed by atoms with E-state index in [0.29, 0.717) is 18.0 Å². The molecule has 1 aromatic carbocycles. The van der Waals surface area contributed by atoms with Crippen molar-refractivity contribution in [3.8, 4) is 0 Å². The number of carbonyl (C=O) groups excluding carboxylic acids is 1. The first-order valence-corrected chi connectivity index (χ1v) is 6.64. The number of amides is 1. The topological polar surface area (TPSA) is 46.3 Å². The summed E-state index contributed by atoms with van der Waals surface area (Å²) >= 11 is 5.83. The lowest BCUT2D eigenvalue weighted by Crippen LogP contribution is -2.50. The molecule has 0 radical (unpaired) electrons. The second-order valence-electron chi connectivity index (χ2n) is 5.27. The van der Waals surface area contributed by atoms with E-state index in [-0.39, 0.29) is 11.4 Å². The zero-order chi connectivity index (χ0) is 13.2. The smallest absolute Gasteiger partial charge is 0.224 e. The summed E-state index contributed by atoms with van der Waals surface area (Å²) in [5.41, 5.74) is 6.92. The average molecular weight is 267 g/mol. The molecule has 0 heterocycles. The second-order valence-corrected chi connectivity index (χ2v) is 5.71. The van der Waals surface area contributed by atoms with E-state index in [4.69, 9.17) is 17.3 Å². The number of benzene rings is 1. The number of rotatable bonds is 4. The van der Waals surface area contributed by atoms with Gasteiger partial charge in [-0.05, 0) is 37.0 Å². The van der Waals surface area contributed by atoms with Crippen LogP contribution in [0.5, 0.6) is 0 Å². The van der Waals surface area contributed by atoms with E-state index < -0.39 is 0 Å². The van der Waals surface area contributed by atoms with Crippen LogP contribution in [0.15, 0.2) is 24.3 Å². The lowest BCUT2D eigenvalue weighted by Gasteiger charge is -2.38. The third-order valence-electron chi connectivity index (χ3n) is 3.61. The predicted octanol–water partition coefficient (Wildman–Crippen LogP) is 2.57. The molecule has 4 heteroatoms. The Kier molecular flexibility index (Phi) is 3.93. The summed E-state index contributed by atoms with van der Waals surface area (Å²) in [7, 11) is 1.82. The molecule has 1 aliphatic rings. The van der Waals surface area contributed by atoms with Gasteiger partial charge in [0.1, 0.15) is 0 Å². The van der Waals surface area contributed by atoms with Gasteiger partial charge >= 0.3 is 0 Å². The van der Waals surface area contributed by atoms with Crippen molar-refractivity contribution in [2.75, 3.05) is 7.05 Å². The molecule has 18 heavy (non-hydrogen) atoms. The molecule has 2 rings (SSSR count). The fourth-order valence-corrected chi connectivity index (χ4v) is 2.32. The Morgan fingerprint density at radius 1 is 1.39 bits per heavy atom. The molecule has 3 nitrogen and oxygen atoms in total. The average Bonchev–Trinajstić information content (AvgIpc) is 2.30. The van der Waals surface area contributed by atoms with Crippen LogP contribution < -0.4 is 5.73 Å². The normalized spacial score (nSPS) is 17.1. The molecule has 1 aromatic rings. The van der Waals surface area contributed by atoms with E-state index in [1.807, 2.05) is 31.3 Å². The summed E-state index contributed by atoms with van der Waals surface area (Å²) in [6, 6.07) is 7.55. The van der Waals surface area contributed by atoms with Gasteiger partial charge in [0.25, 0.3) is 0 Å². The van der Waals surface area contributed by atoms with Gasteiger partial charge in [-0.15, -0.1) is 0 Å². The molecule has 1 aliphatic carbocycles. The maximum atomic E-state index is 12.0. The number of hydrogen-bond donors (Lipinski definition) is 1. The van der Waals surface area contributed by atoms with E-state index in [0.717, 1.165) is 24.8 Å². The molecular formula is C14H19ClN2O. The van der Waals surface area contributed by atoms with Crippen LogP contribution in [-0.4, -0.2) is 23.4 Å². The summed E-state index contributed by atoms with van der Waals surface area (Å²) in [6.07, 6.45) is 3.53. The monoisotopic (exact) mass is 266 g/mol. The Labute approximate surface area is 113 Å². The minimum absolute atomic E-state index is 0.118. The van der Waals surface area contributed by atoms with Crippen LogP contribution in [0.2, 0.25) is 5.02 Å². The zero-order valence-electron chi connectivity index (χ0n) is 10.7. The van der Waals surface area contributed by atoms with Crippen molar-refractivity contribution in [2.45, 2.75) is 37.8 Å². The van der Waals surface area contributed by atoms with E-state index in [1.165, 1.54) is 0 Å². The number of hydrogen-bond acceptors (Lipinski definition) is 2. The lowest BCUT2D eigenvalue weighted by atomic mass is 9.75. The highest BCUT2D eigenvalue weighted by Gasteiger charge is 2.35. The van der Waals surface area contributed by atoms with E-state index in [2.05, 4.69) is 0 Å². The minimum Gasteiger partial charge on any atom is -0.341 e. The summed E-state index contributed by atoms with van der Waals surface area (Å²) in [5.74, 6) is 0.118. The lowest BCUT2D eigenvalue weighted by molar-refractivity contribution is -0.132. The molecule has 1 fully saturated rings. The molecule has 0 saturated heterocycles. The van der Waals surface area contributed by atoms with Crippen LogP contribution in [0.4, 0.5) is 0 Å². The van der Waals surface area contributed by atoms with Crippen molar-refractivity contribution in [3.05, 3.63) is 34.9 Å². The van der Waals surface area contributed by atoms with Gasteiger partial charge in [-0.1, -0.05) is 23.7 Å². The van der Waals surface area contributed by atoms with Gasteiger partial charge in [0.2, 0.25) is 5.91 Å². The van der Waals surface area contributed by atoms with Crippen LogP contribution in [0, 0.1) is 0 Å². The Morgan fingerprint density at radius 3 is 2.50 bits per heavy atom. The first kappa shape index (κ1) is 13.4. The van der Waals surface area contributed by atoms with Crippen molar-refractivity contribution < 1.29 is 4.79 Å². The number of carbonyl (C=O) groups is 1. The van der Waals surface area contributed by atoms with Gasteiger partial charge in [0, 0.05) is 30.6 Å². The largest absolute Gasteiger partial charge is 0.341 e. The Bertz CT molecular complexity index is 426. The highest BCUT2D eigenvalue weighted by atomic mass is 35.5. The minimum atomic E-state index is -0.245. The predicted molar refractivity (Wildman–Crippen MR) is 73.3 cm³/mol. The van der Waals surface area contributed by atoms with Gasteiger partial charge in [-0.3, -0.25) is 4.79 Å². The van der Waals surface area contributed by atoms with Gasteiger partial charge < -0.3 is 10.6 Å². The fourth-order valence-electron chi connectivity index (χ4n) is 2.20. The van der Waals surface area contributed by atoms with Crippen molar-refractivity contribution in [1.82, 2.24) is 4.90 Å². The number of nitrogens with two attached hydrogens (primary N) is 1. The summed E-state index contributed by atoms with van der Waals surface area (Å²) in [5, 5.41) is 0.711. The molecule has 0 unspecified atom stereocenters. The third kappa shape index (κ3) is 3.24. The van der Waals surface area contributed by atoms with Crippen molar-refractivity contribution in [1.29, 1.82) is 0 Å². The van der Waals surface area contributed by atoms with Crippen molar-refractivity contribution in [2.24, 2.45) is 5.73 Å². The van der Waals surface area contributed by atoms with Crippen LogP contribution >= 0.6 is 11.6 Å². The zero-order valence-corrected chi connectivity index (χ0v) is 11.4. The van der Waals surface area contributed by atoms with Crippen molar-refractivity contribution in [3.63, 3.8) is 0 Å². The Hall–Kier alpha value is -1.06. The van der Waals surface area contributed by atoms with Gasteiger partial charge in [0.15, 0.2) is 0 Å². The van der Waals surface area contributed by atoms with Crippen LogP contribution in [-0.2, 0) is 11.3 Å². The quantitative estimate of drug-likeness (QED) is 0.910. The maximum absolute atomic E-state index is 12.0. The third-order valence-corrected chi connectivity index (χ3v) is 3.86. The number of halogens is 1. The summed E-state index contributed by atoms with van der Waals surface area (Å²) in [4.78, 5) is 13.8. The molecule has 98 valence electrons. The van der Waals surface area contributed by atoms with Gasteiger partial charge in [-0.2, -0.15) is 0 Å². The van der Waals surface area contributed by atoms with Crippen LogP contribution in [0.3, 0.4) is 0 Å². The molecule has 0 bridgehead atoms. The van der Waals surface area contributed by atoms with Crippen LogP contribution in [0.25, 0.3) is 0 Å². The van der Waals surface area contributed by atoms with Crippen LogP contribution in [0.1, 0.15) is 31.2 Å². The Morgan fingerprint density at radius 2 is 2.00 bits per heavy atom. The molecule has 0 aromatic heterocycles. The van der Waals surface area contributed by atoms with Gasteiger partial charge in [0.05, 0.1) is 0 Å². The van der Waals surface area contributed by atoms with E-state index in [9.17, 15) is 4.79 Å². The first-order valence-electron chi connectivity index (χ1n) is 6.26. The fraction of sp³-hybridized carbons (Fsp3) is 0.500. The molecule has 0 atom stereocenters. The number of nitrogens with zero attached hydrogens (tertiary/aromatic N) is 1. The molecule has 1 amide bonds. The standard InChI is InChI=1S/C14H19ClN2O/c1-17(10-11-3-5-12(15)6-4-11)13(18)9-14(16)7-2-8-14/h3-6H,2,7-10,16H2,1H3. The Balaban J connectivity index is 1.88. The molecular weight excluding hydrogens is 248 g/mol. The highest BCUT2D eigenvalue weighted by Crippen LogP contribution is 2.32. The molecule has 0 spiro atoms. The van der Waals surface area contributed by atoms with E-state index in [1.54, 1.807) is 4.90 Å². The maximum Gasteiger partial charge on any atom is 0.224 e. The molecule has 2 N–H and O–H groups in total. The van der Waals surface area contributed by atoms with Crippen molar-refractivity contribution >= 4 is 17.5 Å². The molecule has 0 aliphatic heterocycles.